The highest BCUT2D eigenvalue weighted by Crippen LogP contribution is 2.44. The van der Waals surface area contributed by atoms with Crippen LogP contribution in [0.2, 0.25) is 0 Å². The number of carbonyl (C=O) groups is 1. The van der Waals surface area contributed by atoms with E-state index in [0.717, 1.165) is 11.6 Å². The molecule has 1 heterocycles. The van der Waals surface area contributed by atoms with Gasteiger partial charge < -0.3 is 14.6 Å². The third kappa shape index (κ3) is 4.70. The lowest BCUT2D eigenvalue weighted by Gasteiger charge is -2.20. The molecular weight excluding hydrogens is 464 g/mol. The number of benzene rings is 3. The largest absolute Gasteiger partial charge is 0.492 e. The number of carboxylic acid groups (broad SMARTS) is 1. The van der Waals surface area contributed by atoms with Crippen LogP contribution in [0.1, 0.15) is 58.2 Å². The Morgan fingerprint density at radius 1 is 1.09 bits per heavy atom. The van der Waals surface area contributed by atoms with Crippen molar-refractivity contribution in [3.63, 3.8) is 0 Å². The second kappa shape index (κ2) is 8.91. The predicted octanol–water partition coefficient (Wildman–Crippen LogP) is 6.45. The molecule has 0 fully saturated rings. The molecule has 0 saturated carbocycles. The summed E-state index contributed by atoms with van der Waals surface area (Å²) in [6.07, 6.45) is -4.10. The van der Waals surface area contributed by atoms with Crippen molar-refractivity contribution in [2.45, 2.75) is 43.9 Å². The molecule has 8 heteroatoms. The third-order valence-electron chi connectivity index (χ3n) is 6.61. The van der Waals surface area contributed by atoms with Crippen LogP contribution in [0.25, 0.3) is 0 Å². The molecule has 2 aliphatic rings. The van der Waals surface area contributed by atoms with E-state index in [1.54, 1.807) is 24.3 Å². The number of fused-ring (bicyclic) bond motifs is 2. The standard InChI is InChI=1S/C27H22F4O4/c28-17-3-1-2-15(10-17)11-22-20-7-9-24(21(20)6-8-23(22)27(29,30)31)35-18-4-5-19-16(12-26(32)33)14-34-25(19)13-18/h1-6,8,10,13,16,24H,7,9,11-12,14H2,(H,32,33). The maximum absolute atomic E-state index is 13.8. The molecule has 0 spiro atoms. The van der Waals surface area contributed by atoms with Crippen molar-refractivity contribution < 1.29 is 36.9 Å². The molecule has 1 N–H and O–H groups in total. The van der Waals surface area contributed by atoms with Gasteiger partial charge in [0.05, 0.1) is 18.6 Å². The molecule has 1 aliphatic heterocycles. The summed E-state index contributed by atoms with van der Waals surface area (Å²) >= 11 is 0. The molecule has 0 bridgehead atoms. The minimum Gasteiger partial charge on any atom is -0.492 e. The quantitative estimate of drug-likeness (QED) is 0.407. The highest BCUT2D eigenvalue weighted by molar-refractivity contribution is 5.68. The zero-order chi connectivity index (χ0) is 24.7. The van der Waals surface area contributed by atoms with Crippen LogP contribution in [0.3, 0.4) is 0 Å². The van der Waals surface area contributed by atoms with Crippen molar-refractivity contribution in [1.82, 2.24) is 0 Å². The molecular formula is C27H22F4O4. The molecule has 0 aromatic heterocycles. The summed E-state index contributed by atoms with van der Waals surface area (Å²) in [5.41, 5.74) is 2.00. The normalized spacial score (nSPS) is 18.6. The first-order chi connectivity index (χ1) is 16.7. The van der Waals surface area contributed by atoms with E-state index < -0.39 is 29.6 Å². The van der Waals surface area contributed by atoms with Gasteiger partial charge in [-0.15, -0.1) is 0 Å². The van der Waals surface area contributed by atoms with Crippen molar-refractivity contribution >= 4 is 5.97 Å². The number of halogens is 4. The van der Waals surface area contributed by atoms with E-state index in [9.17, 15) is 22.4 Å². The van der Waals surface area contributed by atoms with Gasteiger partial charge in [0.1, 0.15) is 23.4 Å². The molecule has 35 heavy (non-hydrogen) atoms. The van der Waals surface area contributed by atoms with Gasteiger partial charge >= 0.3 is 12.1 Å². The first-order valence-corrected chi connectivity index (χ1v) is 11.3. The van der Waals surface area contributed by atoms with E-state index in [1.807, 2.05) is 0 Å². The Hall–Kier alpha value is -3.55. The zero-order valence-corrected chi connectivity index (χ0v) is 18.6. The molecule has 3 aromatic rings. The summed E-state index contributed by atoms with van der Waals surface area (Å²) in [6, 6.07) is 13.4. The molecule has 3 aromatic carbocycles. The molecule has 0 amide bonds. The maximum Gasteiger partial charge on any atom is 0.416 e. The molecule has 4 nitrogen and oxygen atoms in total. The number of rotatable bonds is 6. The van der Waals surface area contributed by atoms with Crippen molar-refractivity contribution in [3.05, 3.63) is 93.8 Å². The lowest BCUT2D eigenvalue weighted by molar-refractivity contribution is -0.138. The number of hydrogen-bond acceptors (Lipinski definition) is 3. The first kappa shape index (κ1) is 23.2. The van der Waals surface area contributed by atoms with E-state index >= 15 is 0 Å². The Labute approximate surface area is 199 Å². The zero-order valence-electron chi connectivity index (χ0n) is 18.6. The van der Waals surface area contributed by atoms with Gasteiger partial charge in [-0.1, -0.05) is 24.3 Å². The van der Waals surface area contributed by atoms with Crippen LogP contribution in [-0.2, 0) is 23.8 Å². The second-order valence-corrected chi connectivity index (χ2v) is 8.91. The van der Waals surface area contributed by atoms with E-state index in [1.165, 1.54) is 24.3 Å². The summed E-state index contributed by atoms with van der Waals surface area (Å²) in [5, 5.41) is 9.07. The minimum atomic E-state index is -4.53. The van der Waals surface area contributed by atoms with Crippen LogP contribution in [0.5, 0.6) is 11.5 Å². The molecule has 182 valence electrons. The van der Waals surface area contributed by atoms with Gasteiger partial charge in [0.25, 0.3) is 0 Å². The molecule has 5 rings (SSSR count). The number of carboxylic acids is 1. The van der Waals surface area contributed by atoms with Gasteiger partial charge in [-0.3, -0.25) is 4.79 Å². The molecule has 0 radical (unpaired) electrons. The van der Waals surface area contributed by atoms with Gasteiger partial charge in [0, 0.05) is 17.5 Å². The SMILES string of the molecule is O=C(O)CC1COc2cc(OC3CCc4c3ccc(C(F)(F)F)c4Cc3cccc(F)c3)ccc21. The summed E-state index contributed by atoms with van der Waals surface area (Å²) in [5.74, 6) is -0.554. The monoisotopic (exact) mass is 486 g/mol. The predicted molar refractivity (Wildman–Crippen MR) is 119 cm³/mol. The first-order valence-electron chi connectivity index (χ1n) is 11.3. The summed E-state index contributed by atoms with van der Waals surface area (Å²) in [4.78, 5) is 11.1. The average molecular weight is 486 g/mol. The number of ether oxygens (including phenoxy) is 2. The lowest BCUT2D eigenvalue weighted by Crippen LogP contribution is -2.13. The van der Waals surface area contributed by atoms with Crippen LogP contribution in [0, 0.1) is 5.82 Å². The van der Waals surface area contributed by atoms with E-state index in [0.29, 0.717) is 41.0 Å². The Kier molecular flexibility index (Phi) is 5.91. The van der Waals surface area contributed by atoms with E-state index in [2.05, 4.69) is 0 Å². The molecule has 2 unspecified atom stereocenters. The number of alkyl halides is 3. The highest BCUT2D eigenvalue weighted by Gasteiger charge is 2.37. The maximum atomic E-state index is 13.8. The minimum absolute atomic E-state index is 0.0276. The Balaban J connectivity index is 1.43. The summed E-state index contributed by atoms with van der Waals surface area (Å²) < 4.78 is 66.9. The van der Waals surface area contributed by atoms with Crippen molar-refractivity contribution in [2.24, 2.45) is 0 Å². The second-order valence-electron chi connectivity index (χ2n) is 8.91. The Morgan fingerprint density at radius 2 is 1.89 bits per heavy atom. The van der Waals surface area contributed by atoms with Gasteiger partial charge in [-0.25, -0.2) is 4.39 Å². The van der Waals surface area contributed by atoms with Crippen LogP contribution >= 0.6 is 0 Å². The Morgan fingerprint density at radius 3 is 2.63 bits per heavy atom. The molecule has 1 aliphatic carbocycles. The van der Waals surface area contributed by atoms with Gasteiger partial charge in [0.2, 0.25) is 0 Å². The smallest absolute Gasteiger partial charge is 0.416 e. The van der Waals surface area contributed by atoms with Gasteiger partial charge in [-0.2, -0.15) is 13.2 Å². The van der Waals surface area contributed by atoms with Crippen molar-refractivity contribution in [3.8, 4) is 11.5 Å². The summed E-state index contributed by atoms with van der Waals surface area (Å²) in [7, 11) is 0. The van der Waals surface area contributed by atoms with Crippen LogP contribution < -0.4 is 9.47 Å². The highest BCUT2D eigenvalue weighted by atomic mass is 19.4. The van der Waals surface area contributed by atoms with Crippen LogP contribution in [0.15, 0.2) is 54.6 Å². The average Bonchev–Trinajstić information content (AvgIpc) is 3.37. The number of aliphatic carboxylic acids is 1. The van der Waals surface area contributed by atoms with Crippen LogP contribution in [0.4, 0.5) is 17.6 Å². The summed E-state index contributed by atoms with van der Waals surface area (Å²) in [6.45, 7) is 0.279. The van der Waals surface area contributed by atoms with E-state index in [-0.39, 0.29) is 30.9 Å². The van der Waals surface area contributed by atoms with Crippen molar-refractivity contribution in [2.75, 3.05) is 6.61 Å². The Bertz CT molecular complexity index is 1280. The third-order valence-corrected chi connectivity index (χ3v) is 6.61. The lowest BCUT2D eigenvalue weighted by atomic mass is 9.92. The fraction of sp³-hybridized carbons (Fsp3) is 0.296. The number of hydrogen-bond donors (Lipinski definition) is 1. The van der Waals surface area contributed by atoms with Crippen LogP contribution in [-0.4, -0.2) is 17.7 Å². The fourth-order valence-electron chi connectivity index (χ4n) is 5.05. The molecule has 0 saturated heterocycles. The van der Waals surface area contributed by atoms with Gasteiger partial charge in [0.15, 0.2) is 0 Å². The van der Waals surface area contributed by atoms with Gasteiger partial charge in [-0.05, 0) is 65.8 Å². The fourth-order valence-corrected chi connectivity index (χ4v) is 5.05. The topological polar surface area (TPSA) is 55.8 Å². The van der Waals surface area contributed by atoms with Crippen molar-refractivity contribution in [1.29, 1.82) is 0 Å². The van der Waals surface area contributed by atoms with E-state index in [4.69, 9.17) is 14.6 Å². The molecule has 2 atom stereocenters.